The molecule has 0 atom stereocenters. The predicted octanol–water partition coefficient (Wildman–Crippen LogP) is 1.91. The van der Waals surface area contributed by atoms with Gasteiger partial charge in [-0.15, -0.1) is 0 Å². The molecule has 4 nitrogen and oxygen atoms in total. The average molecular weight is 206 g/mol. The lowest BCUT2D eigenvalue weighted by atomic mass is 10.2. The number of aromatic nitrogens is 1. The van der Waals surface area contributed by atoms with E-state index in [2.05, 4.69) is 10.3 Å². The number of nitrogens with zero attached hydrogens (tertiary/aromatic N) is 1. The number of anilines is 1. The molecule has 15 heavy (non-hydrogen) atoms. The van der Waals surface area contributed by atoms with Gasteiger partial charge in [-0.05, 0) is 37.8 Å². The zero-order valence-corrected chi connectivity index (χ0v) is 8.66. The Labute approximate surface area is 88.3 Å². The second kappa shape index (κ2) is 3.88. The van der Waals surface area contributed by atoms with Crippen LogP contribution in [0.15, 0.2) is 12.1 Å². The maximum Gasteiger partial charge on any atom is 0.337 e. The summed E-state index contributed by atoms with van der Waals surface area (Å²) in [6.07, 6.45) is 2.58. The Morgan fingerprint density at radius 1 is 1.60 bits per heavy atom. The van der Waals surface area contributed by atoms with Gasteiger partial charge in [0.2, 0.25) is 0 Å². The van der Waals surface area contributed by atoms with E-state index in [0.717, 1.165) is 18.3 Å². The highest BCUT2D eigenvalue weighted by Crippen LogP contribution is 2.28. The van der Waals surface area contributed by atoms with Gasteiger partial charge in [0.1, 0.15) is 5.82 Å². The van der Waals surface area contributed by atoms with E-state index >= 15 is 0 Å². The molecular weight excluding hydrogens is 192 g/mol. The average Bonchev–Trinajstić information content (AvgIpc) is 2.97. The summed E-state index contributed by atoms with van der Waals surface area (Å²) in [5, 5.41) is 12.0. The van der Waals surface area contributed by atoms with Crippen LogP contribution >= 0.6 is 0 Å². The molecule has 0 aliphatic heterocycles. The molecular formula is C11H14N2O2. The van der Waals surface area contributed by atoms with Crippen LogP contribution in [0.4, 0.5) is 5.82 Å². The van der Waals surface area contributed by atoms with E-state index in [1.54, 1.807) is 19.1 Å². The van der Waals surface area contributed by atoms with Crippen molar-refractivity contribution in [3.8, 4) is 0 Å². The normalized spacial score (nSPS) is 15.0. The largest absolute Gasteiger partial charge is 0.478 e. The van der Waals surface area contributed by atoms with Gasteiger partial charge in [0, 0.05) is 6.54 Å². The predicted molar refractivity (Wildman–Crippen MR) is 57.1 cm³/mol. The highest BCUT2D eigenvalue weighted by Gasteiger charge is 2.20. The molecule has 1 aromatic heterocycles. The first kappa shape index (κ1) is 9.96. The van der Waals surface area contributed by atoms with Gasteiger partial charge in [-0.25, -0.2) is 9.78 Å². The topological polar surface area (TPSA) is 62.2 Å². The minimum atomic E-state index is -0.922. The highest BCUT2D eigenvalue weighted by molar-refractivity contribution is 5.89. The SMILES string of the molecule is Cc1nc(NCC2CC2)ccc1C(=O)O. The van der Waals surface area contributed by atoms with Crippen LogP contribution in [0.5, 0.6) is 0 Å². The van der Waals surface area contributed by atoms with Crippen molar-refractivity contribution in [1.29, 1.82) is 0 Å². The summed E-state index contributed by atoms with van der Waals surface area (Å²) in [6, 6.07) is 3.32. The van der Waals surface area contributed by atoms with Crippen molar-refractivity contribution in [2.45, 2.75) is 19.8 Å². The van der Waals surface area contributed by atoms with Crippen LogP contribution in [-0.4, -0.2) is 22.6 Å². The number of carboxylic acid groups (broad SMARTS) is 1. The molecule has 0 amide bonds. The van der Waals surface area contributed by atoms with Crippen LogP contribution < -0.4 is 5.32 Å². The number of pyridine rings is 1. The lowest BCUT2D eigenvalue weighted by molar-refractivity contribution is 0.0695. The van der Waals surface area contributed by atoms with Gasteiger partial charge in [0.15, 0.2) is 0 Å². The number of hydrogen-bond acceptors (Lipinski definition) is 3. The third-order valence-electron chi connectivity index (χ3n) is 2.59. The van der Waals surface area contributed by atoms with Crippen molar-refractivity contribution in [3.63, 3.8) is 0 Å². The second-order valence-corrected chi connectivity index (χ2v) is 3.96. The molecule has 4 heteroatoms. The van der Waals surface area contributed by atoms with Gasteiger partial charge in [0.05, 0.1) is 11.3 Å². The van der Waals surface area contributed by atoms with Gasteiger partial charge in [-0.1, -0.05) is 0 Å². The van der Waals surface area contributed by atoms with E-state index in [9.17, 15) is 4.79 Å². The standard InChI is InChI=1S/C11H14N2O2/c1-7-9(11(14)15)4-5-10(13-7)12-6-8-2-3-8/h4-5,8H,2-3,6H2,1H3,(H,12,13)(H,14,15). The van der Waals surface area contributed by atoms with Crippen molar-refractivity contribution in [3.05, 3.63) is 23.4 Å². The summed E-state index contributed by atoms with van der Waals surface area (Å²) in [5.74, 6) is 0.629. The van der Waals surface area contributed by atoms with Crippen molar-refractivity contribution in [2.75, 3.05) is 11.9 Å². The Balaban J connectivity index is 2.06. The van der Waals surface area contributed by atoms with Gasteiger partial charge in [0.25, 0.3) is 0 Å². The lowest BCUT2D eigenvalue weighted by Gasteiger charge is -2.06. The fraction of sp³-hybridized carbons (Fsp3) is 0.455. The molecule has 0 aromatic carbocycles. The summed E-state index contributed by atoms with van der Waals surface area (Å²) >= 11 is 0. The van der Waals surface area contributed by atoms with E-state index in [4.69, 9.17) is 5.11 Å². The summed E-state index contributed by atoms with van der Waals surface area (Å²) in [4.78, 5) is 15.0. The monoisotopic (exact) mass is 206 g/mol. The molecule has 1 saturated carbocycles. The fourth-order valence-electron chi connectivity index (χ4n) is 1.46. The molecule has 2 N–H and O–H groups in total. The zero-order chi connectivity index (χ0) is 10.8. The first-order chi connectivity index (χ1) is 7.16. The van der Waals surface area contributed by atoms with Gasteiger partial charge in [-0.2, -0.15) is 0 Å². The molecule has 1 aliphatic rings. The van der Waals surface area contributed by atoms with Crippen LogP contribution in [0.3, 0.4) is 0 Å². The first-order valence-electron chi connectivity index (χ1n) is 5.11. The van der Waals surface area contributed by atoms with E-state index in [-0.39, 0.29) is 5.56 Å². The summed E-state index contributed by atoms with van der Waals surface area (Å²) in [7, 11) is 0. The molecule has 80 valence electrons. The van der Waals surface area contributed by atoms with E-state index in [1.165, 1.54) is 12.8 Å². The Kier molecular flexibility index (Phi) is 2.58. The number of carboxylic acids is 1. The molecule has 0 unspecified atom stereocenters. The minimum Gasteiger partial charge on any atom is -0.478 e. The number of rotatable bonds is 4. The van der Waals surface area contributed by atoms with E-state index in [0.29, 0.717) is 5.69 Å². The lowest BCUT2D eigenvalue weighted by Crippen LogP contribution is -2.08. The number of hydrogen-bond donors (Lipinski definition) is 2. The Bertz CT molecular complexity index is 386. The molecule has 0 saturated heterocycles. The summed E-state index contributed by atoms with van der Waals surface area (Å²) in [5.41, 5.74) is 0.829. The van der Waals surface area contributed by atoms with Crippen LogP contribution in [0, 0.1) is 12.8 Å². The highest BCUT2D eigenvalue weighted by atomic mass is 16.4. The molecule has 1 aromatic rings. The van der Waals surface area contributed by atoms with Crippen LogP contribution in [0.1, 0.15) is 28.9 Å². The third-order valence-corrected chi connectivity index (χ3v) is 2.59. The molecule has 2 rings (SSSR count). The van der Waals surface area contributed by atoms with Crippen molar-refractivity contribution >= 4 is 11.8 Å². The van der Waals surface area contributed by atoms with Crippen LogP contribution in [0.2, 0.25) is 0 Å². The van der Waals surface area contributed by atoms with E-state index < -0.39 is 5.97 Å². The molecule has 0 spiro atoms. The molecule has 0 radical (unpaired) electrons. The smallest absolute Gasteiger partial charge is 0.337 e. The summed E-state index contributed by atoms with van der Waals surface area (Å²) < 4.78 is 0. The van der Waals surface area contributed by atoms with E-state index in [1.807, 2.05) is 0 Å². The van der Waals surface area contributed by atoms with Crippen molar-refractivity contribution in [2.24, 2.45) is 5.92 Å². The number of aromatic carboxylic acids is 1. The number of carbonyl (C=O) groups is 1. The molecule has 1 heterocycles. The fourth-order valence-corrected chi connectivity index (χ4v) is 1.46. The quantitative estimate of drug-likeness (QED) is 0.790. The first-order valence-corrected chi connectivity index (χ1v) is 5.11. The third kappa shape index (κ3) is 2.46. The Morgan fingerprint density at radius 3 is 2.87 bits per heavy atom. The number of nitrogens with one attached hydrogen (secondary N) is 1. The number of aryl methyl sites for hydroxylation is 1. The van der Waals surface area contributed by atoms with Crippen molar-refractivity contribution in [1.82, 2.24) is 4.98 Å². The van der Waals surface area contributed by atoms with Gasteiger partial charge >= 0.3 is 5.97 Å². The molecule has 1 aliphatic carbocycles. The maximum atomic E-state index is 10.7. The van der Waals surface area contributed by atoms with Crippen LogP contribution in [-0.2, 0) is 0 Å². The summed E-state index contributed by atoms with van der Waals surface area (Å²) in [6.45, 7) is 2.66. The van der Waals surface area contributed by atoms with Crippen molar-refractivity contribution < 1.29 is 9.90 Å². The maximum absolute atomic E-state index is 10.7. The molecule has 0 bridgehead atoms. The van der Waals surface area contributed by atoms with Crippen LogP contribution in [0.25, 0.3) is 0 Å². The zero-order valence-electron chi connectivity index (χ0n) is 8.66. The Hall–Kier alpha value is -1.58. The second-order valence-electron chi connectivity index (χ2n) is 3.96. The Morgan fingerprint density at radius 2 is 2.33 bits per heavy atom. The minimum absolute atomic E-state index is 0.270. The van der Waals surface area contributed by atoms with Gasteiger partial charge < -0.3 is 10.4 Å². The molecule has 1 fully saturated rings. The van der Waals surface area contributed by atoms with Gasteiger partial charge in [-0.3, -0.25) is 0 Å².